The van der Waals surface area contributed by atoms with Gasteiger partial charge in [-0.15, -0.1) is 11.3 Å². The smallest absolute Gasteiger partial charge is 0.123 e. The highest BCUT2D eigenvalue weighted by molar-refractivity contribution is 7.10. The molecule has 0 radical (unpaired) electrons. The van der Waals surface area contributed by atoms with Crippen LogP contribution in [-0.2, 0) is 0 Å². The summed E-state index contributed by atoms with van der Waals surface area (Å²) >= 11 is 1.76. The Morgan fingerprint density at radius 1 is 1.22 bits per heavy atom. The highest BCUT2D eigenvalue weighted by atomic mass is 32.1. The van der Waals surface area contributed by atoms with E-state index in [4.69, 9.17) is 0 Å². The van der Waals surface area contributed by atoms with Crippen LogP contribution in [0.4, 0.5) is 4.39 Å². The van der Waals surface area contributed by atoms with Gasteiger partial charge in [-0.25, -0.2) is 4.39 Å². The summed E-state index contributed by atoms with van der Waals surface area (Å²) in [5, 5.41) is 5.68. The minimum Gasteiger partial charge on any atom is -0.303 e. The molecule has 1 unspecified atom stereocenters. The standard InChI is InChI=1S/C15H18FNS/c1-3-14(12-6-8-13(16)9-7-12)17-11(2)15-5-4-10-18-15/h4-11,14,17H,3H2,1-2H3/t11-,14?/m0/s1. The lowest BCUT2D eigenvalue weighted by atomic mass is 10.0. The first-order chi connectivity index (χ1) is 8.70. The fraction of sp³-hybridized carbons (Fsp3) is 0.333. The summed E-state index contributed by atoms with van der Waals surface area (Å²) in [6, 6.07) is 11.6. The van der Waals surface area contributed by atoms with E-state index in [2.05, 4.69) is 36.7 Å². The lowest BCUT2D eigenvalue weighted by molar-refractivity contribution is 0.460. The first-order valence-electron chi connectivity index (χ1n) is 6.25. The van der Waals surface area contributed by atoms with E-state index in [1.54, 1.807) is 11.3 Å². The van der Waals surface area contributed by atoms with Gasteiger partial charge in [-0.05, 0) is 42.5 Å². The van der Waals surface area contributed by atoms with E-state index >= 15 is 0 Å². The van der Waals surface area contributed by atoms with Gasteiger partial charge in [-0.2, -0.15) is 0 Å². The van der Waals surface area contributed by atoms with E-state index in [0.717, 1.165) is 12.0 Å². The normalized spacial score (nSPS) is 14.4. The van der Waals surface area contributed by atoms with Crippen LogP contribution >= 0.6 is 11.3 Å². The Kier molecular flexibility index (Phi) is 4.50. The van der Waals surface area contributed by atoms with Gasteiger partial charge in [0.1, 0.15) is 5.82 Å². The topological polar surface area (TPSA) is 12.0 Å². The van der Waals surface area contributed by atoms with Crippen molar-refractivity contribution in [2.45, 2.75) is 32.4 Å². The van der Waals surface area contributed by atoms with Gasteiger partial charge in [-0.3, -0.25) is 0 Å². The van der Waals surface area contributed by atoms with Crippen molar-refractivity contribution in [1.82, 2.24) is 5.32 Å². The lowest BCUT2D eigenvalue weighted by Gasteiger charge is -2.22. The summed E-state index contributed by atoms with van der Waals surface area (Å²) < 4.78 is 12.9. The maximum absolute atomic E-state index is 12.9. The molecule has 18 heavy (non-hydrogen) atoms. The molecule has 0 fully saturated rings. The predicted molar refractivity (Wildman–Crippen MR) is 75.3 cm³/mol. The summed E-state index contributed by atoms with van der Waals surface area (Å²) in [4.78, 5) is 1.33. The van der Waals surface area contributed by atoms with Gasteiger partial charge < -0.3 is 5.32 Å². The Morgan fingerprint density at radius 2 is 1.94 bits per heavy atom. The molecule has 2 atom stereocenters. The number of benzene rings is 1. The van der Waals surface area contributed by atoms with Crippen LogP contribution in [-0.4, -0.2) is 0 Å². The molecular formula is C15H18FNS. The number of halogens is 1. The van der Waals surface area contributed by atoms with E-state index in [1.165, 1.54) is 17.0 Å². The van der Waals surface area contributed by atoms with Gasteiger partial charge in [0.2, 0.25) is 0 Å². The van der Waals surface area contributed by atoms with Gasteiger partial charge >= 0.3 is 0 Å². The third-order valence-electron chi connectivity index (χ3n) is 3.10. The fourth-order valence-electron chi connectivity index (χ4n) is 2.07. The van der Waals surface area contributed by atoms with E-state index in [-0.39, 0.29) is 11.9 Å². The van der Waals surface area contributed by atoms with E-state index in [1.807, 2.05) is 12.1 Å². The zero-order chi connectivity index (χ0) is 13.0. The van der Waals surface area contributed by atoms with Gasteiger partial charge in [0.25, 0.3) is 0 Å². The average molecular weight is 263 g/mol. The molecule has 1 aromatic heterocycles. The molecule has 1 heterocycles. The van der Waals surface area contributed by atoms with Gasteiger partial charge in [0, 0.05) is 17.0 Å². The zero-order valence-electron chi connectivity index (χ0n) is 10.7. The first kappa shape index (κ1) is 13.2. The molecule has 96 valence electrons. The largest absolute Gasteiger partial charge is 0.303 e. The summed E-state index contributed by atoms with van der Waals surface area (Å²) in [5.41, 5.74) is 1.14. The fourth-order valence-corrected chi connectivity index (χ4v) is 2.81. The van der Waals surface area contributed by atoms with E-state index < -0.39 is 0 Å². The van der Waals surface area contributed by atoms with Crippen LogP contribution < -0.4 is 5.32 Å². The Bertz CT molecular complexity index is 464. The molecule has 1 N–H and O–H groups in total. The highest BCUT2D eigenvalue weighted by Gasteiger charge is 2.14. The second-order valence-corrected chi connectivity index (χ2v) is 5.40. The Balaban J connectivity index is 2.07. The molecule has 0 aliphatic heterocycles. The van der Waals surface area contributed by atoms with Gasteiger partial charge in [0.15, 0.2) is 0 Å². The highest BCUT2D eigenvalue weighted by Crippen LogP contribution is 2.24. The minimum absolute atomic E-state index is 0.181. The first-order valence-corrected chi connectivity index (χ1v) is 7.13. The quantitative estimate of drug-likeness (QED) is 0.825. The van der Waals surface area contributed by atoms with Crippen molar-refractivity contribution < 1.29 is 4.39 Å². The van der Waals surface area contributed by atoms with Crippen LogP contribution in [0.5, 0.6) is 0 Å². The molecule has 0 spiro atoms. The summed E-state index contributed by atoms with van der Waals surface area (Å²) in [7, 11) is 0. The lowest BCUT2D eigenvalue weighted by Crippen LogP contribution is -2.23. The molecule has 0 saturated carbocycles. The van der Waals surface area contributed by atoms with Crippen molar-refractivity contribution >= 4 is 11.3 Å². The molecule has 0 bridgehead atoms. The van der Waals surface area contributed by atoms with E-state index in [0.29, 0.717) is 6.04 Å². The second-order valence-electron chi connectivity index (χ2n) is 4.42. The van der Waals surface area contributed by atoms with Gasteiger partial charge in [0.05, 0.1) is 0 Å². The molecule has 0 aliphatic carbocycles. The summed E-state index contributed by atoms with van der Waals surface area (Å²) in [6.07, 6.45) is 0.987. The van der Waals surface area contributed by atoms with Crippen molar-refractivity contribution in [3.63, 3.8) is 0 Å². The maximum atomic E-state index is 12.9. The predicted octanol–water partition coefficient (Wildman–Crippen LogP) is 4.69. The summed E-state index contributed by atoms with van der Waals surface area (Å²) in [6.45, 7) is 4.31. The Hall–Kier alpha value is -1.19. The Morgan fingerprint density at radius 3 is 2.50 bits per heavy atom. The van der Waals surface area contributed by atoms with Crippen molar-refractivity contribution in [2.24, 2.45) is 0 Å². The van der Waals surface area contributed by atoms with Crippen molar-refractivity contribution in [3.05, 3.63) is 58.0 Å². The molecule has 2 aromatic rings. The zero-order valence-corrected chi connectivity index (χ0v) is 11.5. The molecular weight excluding hydrogens is 245 g/mol. The SMILES string of the molecule is CCC(N[C@@H](C)c1cccs1)c1ccc(F)cc1. The maximum Gasteiger partial charge on any atom is 0.123 e. The van der Waals surface area contributed by atoms with Crippen LogP contribution in [0.1, 0.15) is 42.8 Å². The molecule has 1 nitrogen and oxygen atoms in total. The minimum atomic E-state index is -0.181. The Labute approximate surface area is 112 Å². The third-order valence-corrected chi connectivity index (χ3v) is 4.16. The third kappa shape index (κ3) is 3.18. The summed E-state index contributed by atoms with van der Waals surface area (Å²) in [5.74, 6) is -0.181. The van der Waals surface area contributed by atoms with Crippen molar-refractivity contribution in [3.8, 4) is 0 Å². The van der Waals surface area contributed by atoms with Crippen LogP contribution in [0.3, 0.4) is 0 Å². The van der Waals surface area contributed by atoms with Gasteiger partial charge in [-0.1, -0.05) is 25.1 Å². The number of rotatable bonds is 5. The molecule has 1 aromatic carbocycles. The number of nitrogens with one attached hydrogen (secondary N) is 1. The van der Waals surface area contributed by atoms with Crippen molar-refractivity contribution in [1.29, 1.82) is 0 Å². The van der Waals surface area contributed by atoms with Crippen LogP contribution in [0, 0.1) is 5.82 Å². The van der Waals surface area contributed by atoms with Crippen molar-refractivity contribution in [2.75, 3.05) is 0 Å². The number of hydrogen-bond donors (Lipinski definition) is 1. The van der Waals surface area contributed by atoms with Crippen LogP contribution in [0.25, 0.3) is 0 Å². The second kappa shape index (κ2) is 6.12. The van der Waals surface area contributed by atoms with Crippen LogP contribution in [0.2, 0.25) is 0 Å². The number of hydrogen-bond acceptors (Lipinski definition) is 2. The monoisotopic (exact) mass is 263 g/mol. The number of thiophene rings is 1. The van der Waals surface area contributed by atoms with E-state index in [9.17, 15) is 4.39 Å². The molecule has 2 rings (SSSR count). The molecule has 3 heteroatoms. The molecule has 0 aliphatic rings. The average Bonchev–Trinajstić information content (AvgIpc) is 2.91. The molecule has 0 amide bonds. The molecule has 0 saturated heterocycles. The van der Waals surface area contributed by atoms with Crippen LogP contribution in [0.15, 0.2) is 41.8 Å².